The fourth-order valence-corrected chi connectivity index (χ4v) is 9.45. The molecule has 0 radical (unpaired) electrons. The Labute approximate surface area is 337 Å². The van der Waals surface area contributed by atoms with E-state index in [1.54, 1.807) is 0 Å². The van der Waals surface area contributed by atoms with Gasteiger partial charge in [0, 0.05) is 38.9 Å². The number of allylic oxidation sites excluding steroid dienone is 4. The molecule has 0 aliphatic heterocycles. The Morgan fingerprint density at radius 3 is 1.95 bits per heavy atom. The van der Waals surface area contributed by atoms with Crippen LogP contribution in [0.3, 0.4) is 0 Å². The van der Waals surface area contributed by atoms with Crippen LogP contribution in [0, 0.1) is 0 Å². The molecule has 0 atom stereocenters. The van der Waals surface area contributed by atoms with Crippen molar-refractivity contribution in [3.63, 3.8) is 0 Å². The van der Waals surface area contributed by atoms with Gasteiger partial charge in [0.1, 0.15) is 0 Å². The van der Waals surface area contributed by atoms with Crippen LogP contribution in [0.25, 0.3) is 55.3 Å². The van der Waals surface area contributed by atoms with Gasteiger partial charge in [-0.2, -0.15) is 0 Å². The predicted molar refractivity (Wildman–Crippen MR) is 243 cm³/mol. The number of fused-ring (bicyclic) bond motifs is 6. The maximum Gasteiger partial charge on any atom is 0.0541 e. The summed E-state index contributed by atoms with van der Waals surface area (Å²) < 4.78 is 2.42. The average molecular weight is 737 g/mol. The molecule has 2 aliphatic rings. The molecular weight excluding hydrogens is 689 g/mol. The summed E-state index contributed by atoms with van der Waals surface area (Å²) in [5.74, 6) is 0. The van der Waals surface area contributed by atoms with E-state index in [9.17, 15) is 0 Å². The second kappa shape index (κ2) is 14.0. The van der Waals surface area contributed by atoms with Crippen LogP contribution in [0.5, 0.6) is 0 Å². The molecule has 2 nitrogen and oxygen atoms in total. The first-order chi connectivity index (χ1) is 27.9. The number of hydrogen-bond acceptors (Lipinski definition) is 1. The molecule has 8 aromatic rings. The highest BCUT2D eigenvalue weighted by Crippen LogP contribution is 2.51. The van der Waals surface area contributed by atoms with Gasteiger partial charge in [-0.05, 0) is 142 Å². The third-order valence-electron chi connectivity index (χ3n) is 12.7. The normalized spacial score (nSPS) is 14.3. The van der Waals surface area contributed by atoms with Crippen molar-refractivity contribution in [2.24, 2.45) is 0 Å². The lowest BCUT2D eigenvalue weighted by Crippen LogP contribution is -2.20. The monoisotopic (exact) mass is 736 g/mol. The van der Waals surface area contributed by atoms with Crippen LogP contribution in [-0.4, -0.2) is 4.57 Å². The summed E-state index contributed by atoms with van der Waals surface area (Å²) in [7, 11) is 0. The van der Waals surface area contributed by atoms with Gasteiger partial charge in [0.25, 0.3) is 0 Å². The van der Waals surface area contributed by atoms with Gasteiger partial charge in [0.15, 0.2) is 0 Å². The van der Waals surface area contributed by atoms with E-state index in [1.807, 2.05) is 0 Å². The van der Waals surface area contributed by atoms with Gasteiger partial charge in [0.05, 0.1) is 11.0 Å². The molecule has 278 valence electrons. The zero-order valence-corrected chi connectivity index (χ0v) is 33.4. The summed E-state index contributed by atoms with van der Waals surface area (Å²) in [6, 6.07) is 59.0. The smallest absolute Gasteiger partial charge is 0.0541 e. The quantitative estimate of drug-likeness (QED) is 0.151. The number of aromatic nitrogens is 1. The van der Waals surface area contributed by atoms with Crippen molar-refractivity contribution in [3.8, 4) is 27.9 Å². The number of anilines is 2. The molecule has 0 spiro atoms. The minimum absolute atomic E-state index is 0.0788. The van der Waals surface area contributed by atoms with E-state index >= 15 is 0 Å². The predicted octanol–water partition coefficient (Wildman–Crippen LogP) is 14.8. The van der Waals surface area contributed by atoms with Crippen molar-refractivity contribution < 1.29 is 0 Å². The molecule has 0 saturated carbocycles. The molecule has 0 unspecified atom stereocenters. The van der Waals surface area contributed by atoms with Crippen LogP contribution in [0.1, 0.15) is 68.4 Å². The van der Waals surface area contributed by atoms with Crippen LogP contribution in [0.15, 0.2) is 176 Å². The zero-order valence-electron chi connectivity index (χ0n) is 33.4. The summed E-state index contributed by atoms with van der Waals surface area (Å²) in [5, 5.41) is 2.59. The second-order valence-corrected chi connectivity index (χ2v) is 16.3. The van der Waals surface area contributed by atoms with Gasteiger partial charge < -0.3 is 9.47 Å². The maximum absolute atomic E-state index is 2.50. The van der Waals surface area contributed by atoms with E-state index in [4.69, 9.17) is 0 Å². The highest BCUT2D eigenvalue weighted by molar-refractivity contribution is 6.10. The third kappa shape index (κ3) is 5.94. The third-order valence-corrected chi connectivity index (χ3v) is 12.7. The fourth-order valence-electron chi connectivity index (χ4n) is 9.45. The van der Waals surface area contributed by atoms with E-state index in [0.29, 0.717) is 0 Å². The molecule has 0 fully saturated rings. The Hall–Kier alpha value is -6.38. The largest absolute Gasteiger partial charge is 0.314 e. The Morgan fingerprint density at radius 2 is 1.19 bits per heavy atom. The van der Waals surface area contributed by atoms with Gasteiger partial charge in [-0.3, -0.25) is 0 Å². The Morgan fingerprint density at radius 1 is 0.509 bits per heavy atom. The number of nitrogens with zero attached hydrogens (tertiary/aromatic N) is 2. The Kier molecular flexibility index (Phi) is 8.60. The molecule has 0 bridgehead atoms. The minimum Gasteiger partial charge on any atom is -0.314 e. The molecule has 7 aromatic carbocycles. The van der Waals surface area contributed by atoms with E-state index in [0.717, 1.165) is 25.7 Å². The number of benzene rings is 7. The highest BCUT2D eigenvalue weighted by atomic mass is 15.1. The lowest BCUT2D eigenvalue weighted by Gasteiger charge is -2.31. The summed E-state index contributed by atoms with van der Waals surface area (Å²) in [6.45, 7) is 9.23. The Balaban J connectivity index is 1.05. The lowest BCUT2D eigenvalue weighted by molar-refractivity contribution is 0.660. The lowest BCUT2D eigenvalue weighted by atomic mass is 9.82. The van der Waals surface area contributed by atoms with Gasteiger partial charge in [-0.15, -0.1) is 0 Å². The van der Waals surface area contributed by atoms with Gasteiger partial charge in [-0.25, -0.2) is 0 Å². The molecule has 57 heavy (non-hydrogen) atoms. The Bertz CT molecular complexity index is 2870. The van der Waals surface area contributed by atoms with E-state index in [-0.39, 0.29) is 5.41 Å². The highest BCUT2D eigenvalue weighted by Gasteiger charge is 2.36. The maximum atomic E-state index is 2.50. The molecular formula is C55H48N2. The van der Waals surface area contributed by atoms with Crippen molar-refractivity contribution in [2.45, 2.75) is 58.8 Å². The summed E-state index contributed by atoms with van der Waals surface area (Å²) in [6.07, 6.45) is 8.73. The molecule has 2 heteroatoms. The zero-order chi connectivity index (χ0) is 38.7. The van der Waals surface area contributed by atoms with Gasteiger partial charge in [-0.1, -0.05) is 137 Å². The number of para-hydroxylation sites is 1. The van der Waals surface area contributed by atoms with Crippen molar-refractivity contribution in [2.75, 3.05) is 4.90 Å². The van der Waals surface area contributed by atoms with Gasteiger partial charge in [0.2, 0.25) is 0 Å². The van der Waals surface area contributed by atoms with Gasteiger partial charge >= 0.3 is 0 Å². The first kappa shape index (κ1) is 35.1. The van der Waals surface area contributed by atoms with Crippen LogP contribution < -0.4 is 4.90 Å². The molecule has 0 amide bonds. The van der Waals surface area contributed by atoms with Crippen molar-refractivity contribution in [1.82, 2.24) is 4.57 Å². The summed E-state index contributed by atoms with van der Waals surface area (Å²) in [4.78, 5) is 2.50. The van der Waals surface area contributed by atoms with E-state index in [2.05, 4.69) is 207 Å². The van der Waals surface area contributed by atoms with Crippen molar-refractivity contribution >= 4 is 38.8 Å². The van der Waals surface area contributed by atoms with Crippen LogP contribution >= 0.6 is 0 Å². The molecule has 10 rings (SSSR count). The second-order valence-electron chi connectivity index (χ2n) is 16.3. The summed E-state index contributed by atoms with van der Waals surface area (Å²) in [5.41, 5.74) is 20.8. The van der Waals surface area contributed by atoms with Crippen molar-refractivity contribution in [1.29, 1.82) is 0 Å². The first-order valence-electron chi connectivity index (χ1n) is 20.7. The fraction of sp³-hybridized carbons (Fsp3) is 0.164. The molecule has 1 heterocycles. The standard InChI is InChI=1S/C55H48N2/c1-5-37-16-24-45(25-17-37)57-53-15-11-10-14-48(53)50-35-42(23-33-54(50)57)41-21-28-44(29-22-41)56(43-26-19-40(20-27-43)39-12-8-7-9-13-39)46-30-31-47-49-34-38(6-2)18-32-51(49)55(3,4)52(47)36-46/h7-21,23-28,30-36H,5-6,22,29H2,1-4H3. The van der Waals surface area contributed by atoms with Crippen LogP contribution in [0.2, 0.25) is 0 Å². The van der Waals surface area contributed by atoms with Crippen molar-refractivity contribution in [3.05, 3.63) is 203 Å². The van der Waals surface area contributed by atoms with E-state index < -0.39 is 0 Å². The number of rotatable bonds is 8. The first-order valence-corrected chi connectivity index (χ1v) is 20.7. The summed E-state index contributed by atoms with van der Waals surface area (Å²) >= 11 is 0. The topological polar surface area (TPSA) is 8.17 Å². The molecule has 2 aliphatic carbocycles. The number of hydrogen-bond donors (Lipinski definition) is 0. The number of aryl methyl sites for hydroxylation is 2. The SMILES string of the molecule is CCc1ccc(-n2c3ccccc3c3cc(C4=CC=C(N(c5ccc(-c6ccccc6)cc5)c5ccc6c(c5)C(C)(C)c5ccc(CC)cc5-6)CC4)ccc32)cc1. The van der Waals surface area contributed by atoms with E-state index in [1.165, 1.54) is 100 Å². The molecule has 0 saturated heterocycles. The van der Waals surface area contributed by atoms with Crippen LogP contribution in [-0.2, 0) is 18.3 Å². The van der Waals surface area contributed by atoms with Crippen LogP contribution in [0.4, 0.5) is 11.4 Å². The molecule has 1 aromatic heterocycles. The average Bonchev–Trinajstić information content (AvgIpc) is 3.71. The minimum atomic E-state index is -0.0788. The molecule has 0 N–H and O–H groups in total.